The summed E-state index contributed by atoms with van der Waals surface area (Å²) in [4.78, 5) is 50.2. The van der Waals surface area contributed by atoms with Crippen LogP contribution in [-0.4, -0.2) is 71.4 Å². The van der Waals surface area contributed by atoms with Gasteiger partial charge in [0.25, 0.3) is 17.7 Å². The van der Waals surface area contributed by atoms with Crippen LogP contribution in [-0.2, 0) is 11.3 Å². The second-order valence-corrected chi connectivity index (χ2v) is 7.91. The first-order valence-corrected chi connectivity index (χ1v) is 10.5. The fraction of sp³-hybridized carbons (Fsp3) is 0.318. The van der Waals surface area contributed by atoms with E-state index in [2.05, 4.69) is 30.9 Å². The molecule has 0 saturated heterocycles. The number of carbonyl (C=O) groups is 3. The lowest BCUT2D eigenvalue weighted by atomic mass is 10.1. The third-order valence-electron chi connectivity index (χ3n) is 5.12. The second-order valence-electron chi connectivity index (χ2n) is 7.91. The zero-order valence-corrected chi connectivity index (χ0v) is 18.4. The molecule has 0 atom stereocenters. The van der Waals surface area contributed by atoms with Crippen molar-refractivity contribution < 1.29 is 19.1 Å². The largest absolute Gasteiger partial charge is 0.482 e. The van der Waals surface area contributed by atoms with E-state index in [1.54, 1.807) is 18.2 Å². The van der Waals surface area contributed by atoms with E-state index in [0.717, 1.165) is 18.5 Å². The molecule has 1 aliphatic rings. The highest BCUT2D eigenvalue weighted by molar-refractivity contribution is 6.10. The molecular formula is C22H25N7O4. The van der Waals surface area contributed by atoms with Crippen molar-refractivity contribution in [1.29, 1.82) is 0 Å². The molecule has 33 heavy (non-hydrogen) atoms. The molecule has 0 saturated carbocycles. The summed E-state index contributed by atoms with van der Waals surface area (Å²) in [6, 6.07) is 5.29. The second kappa shape index (κ2) is 9.65. The van der Waals surface area contributed by atoms with Crippen LogP contribution in [0, 0.1) is 0 Å². The summed E-state index contributed by atoms with van der Waals surface area (Å²) >= 11 is 0. The molecule has 2 aromatic heterocycles. The minimum absolute atomic E-state index is 0.0148. The Bertz CT molecular complexity index is 1200. The smallest absolute Gasteiger partial charge is 0.272 e. The Balaban J connectivity index is 1.43. The maximum Gasteiger partial charge on any atom is 0.272 e. The van der Waals surface area contributed by atoms with E-state index in [9.17, 15) is 14.4 Å². The fourth-order valence-corrected chi connectivity index (χ4v) is 3.48. The van der Waals surface area contributed by atoms with Gasteiger partial charge in [-0.15, -0.1) is 0 Å². The monoisotopic (exact) mass is 451 g/mol. The number of ether oxygens (including phenoxy) is 1. The van der Waals surface area contributed by atoms with Gasteiger partial charge in [-0.2, -0.15) is 0 Å². The SMILES string of the molecule is CN(C)CCCNC(=O)c1c[nH]c2c(C(=O)NCc3ccc4c(c3)NC(=O)CO4)ncnc12. The highest BCUT2D eigenvalue weighted by atomic mass is 16.5. The average molecular weight is 451 g/mol. The van der Waals surface area contributed by atoms with E-state index in [4.69, 9.17) is 4.74 Å². The van der Waals surface area contributed by atoms with Crippen molar-refractivity contribution in [3.05, 3.63) is 47.5 Å². The molecular weight excluding hydrogens is 426 g/mol. The van der Waals surface area contributed by atoms with Crippen LogP contribution >= 0.6 is 0 Å². The van der Waals surface area contributed by atoms with Crippen LogP contribution < -0.4 is 20.7 Å². The molecule has 172 valence electrons. The summed E-state index contributed by atoms with van der Waals surface area (Å²) in [5.41, 5.74) is 2.61. The van der Waals surface area contributed by atoms with E-state index in [-0.39, 0.29) is 30.7 Å². The number of aromatic nitrogens is 3. The third kappa shape index (κ3) is 5.09. The Kier molecular flexibility index (Phi) is 6.50. The third-order valence-corrected chi connectivity index (χ3v) is 5.12. The highest BCUT2D eigenvalue weighted by Crippen LogP contribution is 2.28. The first-order chi connectivity index (χ1) is 15.9. The van der Waals surface area contributed by atoms with Crippen molar-refractivity contribution in [2.75, 3.05) is 39.1 Å². The van der Waals surface area contributed by atoms with Crippen LogP contribution in [0.2, 0.25) is 0 Å². The minimum atomic E-state index is -0.416. The van der Waals surface area contributed by atoms with Crippen molar-refractivity contribution in [3.63, 3.8) is 0 Å². The van der Waals surface area contributed by atoms with Crippen molar-refractivity contribution >= 4 is 34.4 Å². The number of amides is 3. The molecule has 0 spiro atoms. The first-order valence-electron chi connectivity index (χ1n) is 10.5. The first kappa shape index (κ1) is 22.2. The van der Waals surface area contributed by atoms with Gasteiger partial charge in [0, 0.05) is 19.3 Å². The molecule has 1 aliphatic heterocycles. The van der Waals surface area contributed by atoms with Crippen molar-refractivity contribution in [3.8, 4) is 5.75 Å². The van der Waals surface area contributed by atoms with E-state index >= 15 is 0 Å². The number of benzene rings is 1. The molecule has 11 heteroatoms. The summed E-state index contributed by atoms with van der Waals surface area (Å²) in [6.07, 6.45) is 3.62. The fourth-order valence-electron chi connectivity index (χ4n) is 3.48. The number of rotatable bonds is 8. The van der Waals surface area contributed by atoms with Crippen molar-refractivity contribution in [2.24, 2.45) is 0 Å². The van der Waals surface area contributed by atoms with Gasteiger partial charge in [0.05, 0.1) is 16.8 Å². The number of hydrogen-bond donors (Lipinski definition) is 4. The number of aromatic amines is 1. The van der Waals surface area contributed by atoms with Crippen LogP contribution in [0.3, 0.4) is 0 Å². The Labute approximate surface area is 189 Å². The Morgan fingerprint density at radius 3 is 2.85 bits per heavy atom. The standard InChI is InChI=1S/C22H25N7O4/c1-29(2)7-3-6-23-21(31)14-10-24-19-18(14)26-12-27-20(19)22(32)25-9-13-4-5-16-15(8-13)28-17(30)11-33-16/h4-5,8,10,12,24H,3,6-7,9,11H2,1-2H3,(H,23,31)(H,25,32)(H,28,30). The molecule has 0 bridgehead atoms. The van der Waals surface area contributed by atoms with Gasteiger partial charge in [0.1, 0.15) is 17.6 Å². The maximum absolute atomic E-state index is 12.8. The predicted octanol–water partition coefficient (Wildman–Crippen LogP) is 0.900. The number of H-pyrrole nitrogens is 1. The van der Waals surface area contributed by atoms with Gasteiger partial charge in [0.2, 0.25) is 0 Å². The normalized spacial score (nSPS) is 12.8. The Morgan fingerprint density at radius 1 is 1.18 bits per heavy atom. The number of carbonyl (C=O) groups excluding carboxylic acids is 3. The summed E-state index contributed by atoms with van der Waals surface area (Å²) in [6.45, 7) is 1.60. The van der Waals surface area contributed by atoms with E-state index in [0.29, 0.717) is 34.6 Å². The zero-order chi connectivity index (χ0) is 23.4. The lowest BCUT2D eigenvalue weighted by Gasteiger charge is -2.18. The molecule has 4 rings (SSSR count). The van der Waals surface area contributed by atoms with Gasteiger partial charge in [0.15, 0.2) is 12.3 Å². The molecule has 11 nitrogen and oxygen atoms in total. The molecule has 3 heterocycles. The van der Waals surface area contributed by atoms with Crippen LogP contribution in [0.25, 0.3) is 11.0 Å². The van der Waals surface area contributed by atoms with Gasteiger partial charge in [-0.25, -0.2) is 9.97 Å². The molecule has 3 amide bonds. The van der Waals surface area contributed by atoms with Gasteiger partial charge >= 0.3 is 0 Å². The number of nitrogens with one attached hydrogen (secondary N) is 4. The zero-order valence-electron chi connectivity index (χ0n) is 18.4. The van der Waals surface area contributed by atoms with Gasteiger partial charge in [-0.3, -0.25) is 14.4 Å². The van der Waals surface area contributed by atoms with Crippen LogP contribution in [0.4, 0.5) is 5.69 Å². The summed E-state index contributed by atoms with van der Waals surface area (Å²) < 4.78 is 5.34. The van der Waals surface area contributed by atoms with E-state index < -0.39 is 5.91 Å². The van der Waals surface area contributed by atoms with Crippen LogP contribution in [0.15, 0.2) is 30.7 Å². The molecule has 0 fully saturated rings. The number of fused-ring (bicyclic) bond motifs is 2. The lowest BCUT2D eigenvalue weighted by molar-refractivity contribution is -0.118. The highest BCUT2D eigenvalue weighted by Gasteiger charge is 2.20. The molecule has 1 aromatic carbocycles. The predicted molar refractivity (Wildman–Crippen MR) is 121 cm³/mol. The maximum atomic E-state index is 12.8. The molecule has 4 N–H and O–H groups in total. The van der Waals surface area contributed by atoms with Crippen molar-refractivity contribution in [1.82, 2.24) is 30.5 Å². The van der Waals surface area contributed by atoms with Crippen molar-refractivity contribution in [2.45, 2.75) is 13.0 Å². The molecule has 3 aromatic rings. The van der Waals surface area contributed by atoms with Gasteiger partial charge < -0.3 is 30.6 Å². The molecule has 0 unspecified atom stereocenters. The number of hydrogen-bond acceptors (Lipinski definition) is 7. The molecule has 0 aliphatic carbocycles. The molecule has 0 radical (unpaired) electrons. The Hall–Kier alpha value is -3.99. The average Bonchev–Trinajstić information content (AvgIpc) is 3.24. The van der Waals surface area contributed by atoms with Crippen LogP contribution in [0.1, 0.15) is 32.8 Å². The number of anilines is 1. The summed E-state index contributed by atoms with van der Waals surface area (Å²) in [5, 5.41) is 8.42. The lowest BCUT2D eigenvalue weighted by Crippen LogP contribution is -2.27. The number of nitrogens with zero attached hydrogens (tertiary/aromatic N) is 3. The van der Waals surface area contributed by atoms with Gasteiger partial charge in [-0.1, -0.05) is 6.07 Å². The topological polar surface area (TPSA) is 141 Å². The van der Waals surface area contributed by atoms with Gasteiger partial charge in [-0.05, 0) is 44.8 Å². The minimum Gasteiger partial charge on any atom is -0.482 e. The van der Waals surface area contributed by atoms with E-state index in [1.807, 2.05) is 19.0 Å². The van der Waals surface area contributed by atoms with E-state index in [1.165, 1.54) is 12.5 Å². The van der Waals surface area contributed by atoms with Crippen LogP contribution in [0.5, 0.6) is 5.75 Å². The summed E-state index contributed by atoms with van der Waals surface area (Å²) in [7, 11) is 3.95. The Morgan fingerprint density at radius 2 is 2.03 bits per heavy atom. The summed E-state index contributed by atoms with van der Waals surface area (Å²) in [5.74, 6) is -0.318. The quantitative estimate of drug-likeness (QED) is 0.373.